The van der Waals surface area contributed by atoms with Gasteiger partial charge in [0.15, 0.2) is 0 Å². The number of para-hydroxylation sites is 2. The first-order valence-electron chi connectivity index (χ1n) is 12.6. The normalized spacial score (nSPS) is 14.4. The lowest BCUT2D eigenvalue weighted by atomic mass is 10.0. The lowest BCUT2D eigenvalue weighted by molar-refractivity contribution is -0.117. The van der Waals surface area contributed by atoms with Crippen LogP contribution in [-0.2, 0) is 11.4 Å². The Bertz CT molecular complexity index is 1380. The van der Waals surface area contributed by atoms with E-state index in [9.17, 15) is 9.59 Å². The van der Waals surface area contributed by atoms with E-state index in [1.165, 1.54) is 0 Å². The van der Waals surface area contributed by atoms with E-state index < -0.39 is 0 Å². The van der Waals surface area contributed by atoms with E-state index in [0.29, 0.717) is 17.9 Å². The second kappa shape index (κ2) is 11.3. The van der Waals surface area contributed by atoms with Gasteiger partial charge in [0, 0.05) is 37.2 Å². The van der Waals surface area contributed by atoms with Gasteiger partial charge in [0.1, 0.15) is 18.0 Å². The van der Waals surface area contributed by atoms with E-state index in [1.807, 2.05) is 84.4 Å². The third-order valence-electron chi connectivity index (χ3n) is 6.58. The van der Waals surface area contributed by atoms with Crippen LogP contribution in [0.25, 0.3) is 5.65 Å². The fraction of sp³-hybridized carbons (Fsp3) is 0.276. The summed E-state index contributed by atoms with van der Waals surface area (Å²) in [6.45, 7) is 4.14. The standard InChI is InChI=1S/C29H31N5O3/c1-21-8-7-15-34-18-24(31-28(21)34)20-37-26-12-6-5-11-25(26)29(36)32-23-13-16-33(17-14-23)19-27(35)30-22-9-3-2-4-10-22/h2-12,15,18,23H,13-14,16-17,19-20H2,1H3,(H,30,35)(H,32,36). The second-order valence-electron chi connectivity index (χ2n) is 9.38. The number of pyridine rings is 1. The number of aromatic nitrogens is 2. The molecule has 4 aromatic rings. The summed E-state index contributed by atoms with van der Waals surface area (Å²) >= 11 is 0. The molecule has 1 aliphatic rings. The average Bonchev–Trinajstić information content (AvgIpc) is 3.34. The Hall–Kier alpha value is -4.17. The topological polar surface area (TPSA) is 88.0 Å². The van der Waals surface area contributed by atoms with E-state index in [0.717, 1.165) is 48.5 Å². The first-order valence-corrected chi connectivity index (χ1v) is 12.6. The molecule has 8 heteroatoms. The first-order chi connectivity index (χ1) is 18.0. The zero-order valence-corrected chi connectivity index (χ0v) is 20.9. The SMILES string of the molecule is Cc1cccn2cc(COc3ccccc3C(=O)NC3CCN(CC(=O)Nc4ccccc4)CC3)nc12. The number of nitrogens with zero attached hydrogens (tertiary/aromatic N) is 3. The molecule has 5 rings (SSSR count). The Kier molecular flexibility index (Phi) is 7.46. The zero-order chi connectivity index (χ0) is 25.6. The van der Waals surface area contributed by atoms with Crippen LogP contribution in [0.4, 0.5) is 5.69 Å². The minimum absolute atomic E-state index is 0.0273. The van der Waals surface area contributed by atoms with Crippen LogP contribution in [0.5, 0.6) is 5.75 Å². The van der Waals surface area contributed by atoms with Gasteiger partial charge >= 0.3 is 0 Å². The van der Waals surface area contributed by atoms with Crippen molar-refractivity contribution in [1.29, 1.82) is 0 Å². The molecular weight excluding hydrogens is 466 g/mol. The lowest BCUT2D eigenvalue weighted by Gasteiger charge is -2.32. The van der Waals surface area contributed by atoms with Crippen molar-refractivity contribution in [2.75, 3.05) is 25.0 Å². The number of benzene rings is 2. The number of hydrogen-bond acceptors (Lipinski definition) is 5. The fourth-order valence-electron chi connectivity index (χ4n) is 4.63. The summed E-state index contributed by atoms with van der Waals surface area (Å²) in [7, 11) is 0. The smallest absolute Gasteiger partial charge is 0.255 e. The maximum absolute atomic E-state index is 13.1. The molecule has 0 unspecified atom stereocenters. The van der Waals surface area contributed by atoms with Gasteiger partial charge in [0.05, 0.1) is 17.8 Å². The van der Waals surface area contributed by atoms with Crippen molar-refractivity contribution in [2.24, 2.45) is 0 Å². The fourth-order valence-corrected chi connectivity index (χ4v) is 4.63. The number of fused-ring (bicyclic) bond motifs is 1. The van der Waals surface area contributed by atoms with E-state index >= 15 is 0 Å². The van der Waals surface area contributed by atoms with Crippen LogP contribution in [0.3, 0.4) is 0 Å². The van der Waals surface area contributed by atoms with Gasteiger partial charge in [0.25, 0.3) is 5.91 Å². The van der Waals surface area contributed by atoms with Crippen molar-refractivity contribution < 1.29 is 14.3 Å². The quantitative estimate of drug-likeness (QED) is 0.383. The summed E-state index contributed by atoms with van der Waals surface area (Å²) in [5.74, 6) is 0.353. The molecule has 3 heterocycles. The third kappa shape index (κ3) is 6.16. The number of rotatable bonds is 8. The molecule has 2 aromatic carbocycles. The first kappa shape index (κ1) is 24.5. The van der Waals surface area contributed by atoms with Crippen LogP contribution >= 0.6 is 0 Å². The highest BCUT2D eigenvalue weighted by Gasteiger charge is 2.23. The molecule has 0 spiro atoms. The monoisotopic (exact) mass is 497 g/mol. The maximum atomic E-state index is 13.1. The Morgan fingerprint density at radius 3 is 2.54 bits per heavy atom. The van der Waals surface area contributed by atoms with Crippen molar-refractivity contribution in [3.05, 3.63) is 95.9 Å². The molecule has 1 aliphatic heterocycles. The summed E-state index contributed by atoms with van der Waals surface area (Å²) in [6.07, 6.45) is 5.47. The summed E-state index contributed by atoms with van der Waals surface area (Å²) in [5.41, 5.74) is 4.10. The summed E-state index contributed by atoms with van der Waals surface area (Å²) < 4.78 is 8.00. The van der Waals surface area contributed by atoms with Crippen molar-refractivity contribution in [2.45, 2.75) is 32.4 Å². The van der Waals surface area contributed by atoms with Gasteiger partial charge in [-0.05, 0) is 55.7 Å². The minimum atomic E-state index is -0.151. The van der Waals surface area contributed by atoms with Crippen LogP contribution in [0.2, 0.25) is 0 Å². The molecule has 8 nitrogen and oxygen atoms in total. The summed E-state index contributed by atoms with van der Waals surface area (Å²) in [5, 5.41) is 6.07. The lowest BCUT2D eigenvalue weighted by Crippen LogP contribution is -2.46. The number of nitrogens with one attached hydrogen (secondary N) is 2. The molecule has 0 aliphatic carbocycles. The number of imidazole rings is 1. The number of ether oxygens (including phenoxy) is 1. The highest BCUT2D eigenvalue weighted by atomic mass is 16.5. The number of hydrogen-bond donors (Lipinski definition) is 2. The van der Waals surface area contributed by atoms with Crippen LogP contribution in [0, 0.1) is 6.92 Å². The second-order valence-corrected chi connectivity index (χ2v) is 9.38. The predicted octanol–water partition coefficient (Wildman–Crippen LogP) is 4.05. The number of likely N-dealkylation sites (tertiary alicyclic amines) is 1. The van der Waals surface area contributed by atoms with Gasteiger partial charge in [0.2, 0.25) is 5.91 Å². The van der Waals surface area contributed by atoms with Crippen LogP contribution in [-0.4, -0.2) is 51.8 Å². The molecule has 1 fully saturated rings. The average molecular weight is 498 g/mol. The number of carbonyl (C=O) groups excluding carboxylic acids is 2. The highest BCUT2D eigenvalue weighted by Crippen LogP contribution is 2.21. The Morgan fingerprint density at radius 1 is 1.00 bits per heavy atom. The molecule has 37 heavy (non-hydrogen) atoms. The number of piperidine rings is 1. The van der Waals surface area contributed by atoms with Crippen LogP contribution in [0.1, 0.15) is 34.5 Å². The molecule has 0 saturated carbocycles. The Balaban J connectivity index is 1.12. The summed E-state index contributed by atoms with van der Waals surface area (Å²) in [4.78, 5) is 32.2. The number of carbonyl (C=O) groups is 2. The van der Waals surface area contributed by atoms with Gasteiger partial charge in [-0.25, -0.2) is 4.98 Å². The number of anilines is 1. The van der Waals surface area contributed by atoms with E-state index in [-0.39, 0.29) is 24.5 Å². The van der Waals surface area contributed by atoms with E-state index in [2.05, 4.69) is 20.5 Å². The molecule has 0 radical (unpaired) electrons. The van der Waals surface area contributed by atoms with Crippen molar-refractivity contribution >= 4 is 23.1 Å². The van der Waals surface area contributed by atoms with Crippen LogP contribution < -0.4 is 15.4 Å². The van der Waals surface area contributed by atoms with Gasteiger partial charge < -0.3 is 19.8 Å². The predicted molar refractivity (Wildman–Crippen MR) is 143 cm³/mol. The van der Waals surface area contributed by atoms with E-state index in [1.54, 1.807) is 6.07 Å². The third-order valence-corrected chi connectivity index (χ3v) is 6.58. The molecule has 190 valence electrons. The minimum Gasteiger partial charge on any atom is -0.486 e. The number of aryl methyl sites for hydroxylation is 1. The molecule has 2 N–H and O–H groups in total. The van der Waals surface area contributed by atoms with Gasteiger partial charge in [-0.3, -0.25) is 14.5 Å². The maximum Gasteiger partial charge on any atom is 0.255 e. The Morgan fingerprint density at radius 2 is 1.76 bits per heavy atom. The Labute approximate surface area is 216 Å². The molecular formula is C29H31N5O3. The van der Waals surface area contributed by atoms with Gasteiger partial charge in [-0.1, -0.05) is 36.4 Å². The van der Waals surface area contributed by atoms with Gasteiger partial charge in [-0.15, -0.1) is 0 Å². The number of amides is 2. The molecule has 0 atom stereocenters. The van der Waals surface area contributed by atoms with Crippen molar-refractivity contribution in [3.63, 3.8) is 0 Å². The zero-order valence-electron chi connectivity index (χ0n) is 20.9. The summed E-state index contributed by atoms with van der Waals surface area (Å²) in [6, 6.07) is 20.8. The van der Waals surface area contributed by atoms with Crippen molar-refractivity contribution in [1.82, 2.24) is 19.6 Å². The highest BCUT2D eigenvalue weighted by molar-refractivity contribution is 5.97. The molecule has 0 bridgehead atoms. The molecule has 2 aromatic heterocycles. The van der Waals surface area contributed by atoms with Crippen molar-refractivity contribution in [3.8, 4) is 5.75 Å². The van der Waals surface area contributed by atoms with Crippen LogP contribution in [0.15, 0.2) is 79.1 Å². The van der Waals surface area contributed by atoms with E-state index in [4.69, 9.17) is 4.74 Å². The largest absolute Gasteiger partial charge is 0.486 e. The van der Waals surface area contributed by atoms with Gasteiger partial charge in [-0.2, -0.15) is 0 Å². The molecule has 2 amide bonds. The molecule has 1 saturated heterocycles.